The molecule has 0 saturated carbocycles. The number of carbonyl (C=O) groups excluding carboxylic acids is 1. The third kappa shape index (κ3) is 5.07. The lowest BCUT2D eigenvalue weighted by atomic mass is 10.3. The number of hydrogen-bond acceptors (Lipinski definition) is 2. The Morgan fingerprint density at radius 2 is 1.87 bits per heavy atom. The molecule has 0 fully saturated rings. The zero-order valence-electron chi connectivity index (χ0n) is 11.7. The molecule has 0 bridgehead atoms. The molecule has 122 valence electrons. The molecule has 2 amide bonds. The van der Waals surface area contributed by atoms with Crippen LogP contribution in [0.25, 0.3) is 0 Å². The molecule has 4 nitrogen and oxygen atoms in total. The van der Waals surface area contributed by atoms with Crippen molar-refractivity contribution >= 4 is 23.3 Å². The fraction of sp³-hybridized carbons (Fsp3) is 0.133. The smallest absolute Gasteiger partial charge is 0.319 e. The van der Waals surface area contributed by atoms with Gasteiger partial charge in [-0.2, -0.15) is 0 Å². The zero-order valence-corrected chi connectivity index (χ0v) is 12.5. The van der Waals surface area contributed by atoms with E-state index in [1.807, 2.05) is 0 Å². The van der Waals surface area contributed by atoms with Gasteiger partial charge in [0.2, 0.25) is 0 Å². The van der Waals surface area contributed by atoms with Crippen LogP contribution in [0.5, 0.6) is 5.75 Å². The lowest BCUT2D eigenvalue weighted by molar-refractivity contribution is 0.246. The first-order valence-corrected chi connectivity index (χ1v) is 6.91. The van der Waals surface area contributed by atoms with Crippen molar-refractivity contribution in [1.82, 2.24) is 5.32 Å². The maximum Gasteiger partial charge on any atom is 0.319 e. The first-order valence-electron chi connectivity index (χ1n) is 6.53. The second-order valence-corrected chi connectivity index (χ2v) is 4.84. The summed E-state index contributed by atoms with van der Waals surface area (Å²) in [7, 11) is 0. The van der Waals surface area contributed by atoms with Gasteiger partial charge in [0.25, 0.3) is 0 Å². The lowest BCUT2D eigenvalue weighted by Gasteiger charge is -2.10. The van der Waals surface area contributed by atoms with Crippen molar-refractivity contribution < 1.29 is 22.7 Å². The normalized spacial score (nSPS) is 10.3. The number of rotatable bonds is 5. The predicted molar refractivity (Wildman–Crippen MR) is 80.3 cm³/mol. The molecule has 0 saturated heterocycles. The molecular weight excluding hydrogens is 333 g/mol. The van der Waals surface area contributed by atoms with Crippen molar-refractivity contribution in [2.75, 3.05) is 18.5 Å². The van der Waals surface area contributed by atoms with Gasteiger partial charge in [0.1, 0.15) is 18.2 Å². The van der Waals surface area contributed by atoms with Crippen LogP contribution in [-0.4, -0.2) is 19.2 Å². The maximum absolute atomic E-state index is 13.3. The molecule has 8 heteroatoms. The number of ether oxygens (including phenoxy) is 1. The van der Waals surface area contributed by atoms with Crippen molar-refractivity contribution in [3.05, 3.63) is 58.9 Å². The summed E-state index contributed by atoms with van der Waals surface area (Å²) in [6.07, 6.45) is 0. The zero-order chi connectivity index (χ0) is 16.8. The molecule has 0 heterocycles. The van der Waals surface area contributed by atoms with Gasteiger partial charge in [-0.15, -0.1) is 0 Å². The highest BCUT2D eigenvalue weighted by molar-refractivity contribution is 6.31. The number of hydrogen-bond donors (Lipinski definition) is 2. The third-order valence-corrected chi connectivity index (χ3v) is 3.01. The van der Waals surface area contributed by atoms with E-state index in [-0.39, 0.29) is 23.9 Å². The van der Waals surface area contributed by atoms with Crippen LogP contribution in [0.4, 0.5) is 23.7 Å². The molecule has 2 aromatic rings. The van der Waals surface area contributed by atoms with Crippen molar-refractivity contribution in [2.45, 2.75) is 0 Å². The maximum atomic E-state index is 13.3. The van der Waals surface area contributed by atoms with Gasteiger partial charge in [-0.25, -0.2) is 18.0 Å². The fourth-order valence-electron chi connectivity index (χ4n) is 1.67. The van der Waals surface area contributed by atoms with E-state index in [0.717, 1.165) is 18.2 Å². The molecule has 0 unspecified atom stereocenters. The number of anilines is 1. The number of amides is 2. The van der Waals surface area contributed by atoms with Gasteiger partial charge in [-0.3, -0.25) is 0 Å². The van der Waals surface area contributed by atoms with Crippen molar-refractivity contribution in [2.24, 2.45) is 0 Å². The minimum absolute atomic E-state index is 0.0137. The van der Waals surface area contributed by atoms with Gasteiger partial charge in [-0.05, 0) is 30.3 Å². The highest BCUT2D eigenvalue weighted by Gasteiger charge is 2.06. The van der Waals surface area contributed by atoms with Crippen molar-refractivity contribution in [3.63, 3.8) is 0 Å². The number of nitrogens with one attached hydrogen (secondary N) is 2. The van der Waals surface area contributed by atoms with Crippen molar-refractivity contribution in [1.29, 1.82) is 0 Å². The van der Waals surface area contributed by atoms with E-state index < -0.39 is 23.5 Å². The Labute approximate surface area is 135 Å². The third-order valence-electron chi connectivity index (χ3n) is 2.72. The average molecular weight is 345 g/mol. The Balaban J connectivity index is 1.75. The number of urea groups is 1. The molecule has 2 N–H and O–H groups in total. The molecular formula is C15H12ClF3N2O2. The first kappa shape index (κ1) is 17.0. The molecule has 0 aliphatic carbocycles. The molecule has 23 heavy (non-hydrogen) atoms. The SMILES string of the molecule is O=C(NCCOc1ccc(F)cc1F)Nc1ccc(F)c(Cl)c1. The molecule has 0 aromatic heterocycles. The summed E-state index contributed by atoms with van der Waals surface area (Å²) in [5.74, 6) is -2.23. The fourth-order valence-corrected chi connectivity index (χ4v) is 1.85. The minimum atomic E-state index is -0.824. The van der Waals surface area contributed by atoms with Crippen LogP contribution >= 0.6 is 11.6 Å². The summed E-state index contributed by atoms with van der Waals surface area (Å²) in [6, 6.07) is 6.11. The summed E-state index contributed by atoms with van der Waals surface area (Å²) >= 11 is 5.59. The molecule has 0 spiro atoms. The minimum Gasteiger partial charge on any atom is -0.489 e. The largest absolute Gasteiger partial charge is 0.489 e. The lowest BCUT2D eigenvalue weighted by Crippen LogP contribution is -2.32. The number of halogens is 4. The van der Waals surface area contributed by atoms with Gasteiger partial charge in [0.15, 0.2) is 11.6 Å². The van der Waals surface area contributed by atoms with Crippen LogP contribution in [0.3, 0.4) is 0 Å². The molecule has 0 radical (unpaired) electrons. The molecule has 0 aliphatic rings. The van der Waals surface area contributed by atoms with Gasteiger partial charge in [0.05, 0.1) is 11.6 Å². The van der Waals surface area contributed by atoms with Crippen LogP contribution < -0.4 is 15.4 Å². The first-order chi connectivity index (χ1) is 11.0. The molecule has 2 aromatic carbocycles. The van der Waals surface area contributed by atoms with E-state index in [0.29, 0.717) is 11.8 Å². The van der Waals surface area contributed by atoms with Crippen LogP contribution in [0.15, 0.2) is 36.4 Å². The van der Waals surface area contributed by atoms with Crippen LogP contribution in [-0.2, 0) is 0 Å². The van der Waals surface area contributed by atoms with Gasteiger partial charge < -0.3 is 15.4 Å². The number of carbonyl (C=O) groups is 1. The van der Waals surface area contributed by atoms with Gasteiger partial charge in [-0.1, -0.05) is 11.6 Å². The quantitative estimate of drug-likeness (QED) is 0.807. The number of benzene rings is 2. The van der Waals surface area contributed by atoms with Gasteiger partial charge >= 0.3 is 6.03 Å². The Hall–Kier alpha value is -2.41. The standard InChI is InChI=1S/C15H12ClF3N2O2/c16-11-8-10(2-3-12(11)18)21-15(22)20-5-6-23-14-4-1-9(17)7-13(14)19/h1-4,7-8H,5-6H2,(H2,20,21,22). The van der Waals surface area contributed by atoms with E-state index in [4.69, 9.17) is 16.3 Å². The highest BCUT2D eigenvalue weighted by Crippen LogP contribution is 2.19. The molecule has 0 atom stereocenters. The van der Waals surface area contributed by atoms with Crippen LogP contribution in [0.2, 0.25) is 5.02 Å². The van der Waals surface area contributed by atoms with Crippen molar-refractivity contribution in [3.8, 4) is 5.75 Å². The van der Waals surface area contributed by atoms with E-state index in [9.17, 15) is 18.0 Å². The Bertz CT molecular complexity index is 713. The monoisotopic (exact) mass is 344 g/mol. The summed E-state index contributed by atoms with van der Waals surface area (Å²) in [4.78, 5) is 11.6. The topological polar surface area (TPSA) is 50.4 Å². The van der Waals surface area contributed by atoms with Crippen LogP contribution in [0.1, 0.15) is 0 Å². The summed E-state index contributed by atoms with van der Waals surface area (Å²) in [6.45, 7) is 0.0672. The average Bonchev–Trinajstić information content (AvgIpc) is 2.49. The Morgan fingerprint density at radius 1 is 1.09 bits per heavy atom. The van der Waals surface area contributed by atoms with E-state index >= 15 is 0 Å². The summed E-state index contributed by atoms with van der Waals surface area (Å²) in [5, 5.41) is 4.79. The second-order valence-electron chi connectivity index (χ2n) is 4.43. The molecule has 0 aliphatic heterocycles. The van der Waals surface area contributed by atoms with Crippen LogP contribution in [0, 0.1) is 17.5 Å². The van der Waals surface area contributed by atoms with E-state index in [1.165, 1.54) is 12.1 Å². The Morgan fingerprint density at radius 3 is 2.57 bits per heavy atom. The highest BCUT2D eigenvalue weighted by atomic mass is 35.5. The van der Waals surface area contributed by atoms with Gasteiger partial charge in [0, 0.05) is 11.8 Å². The predicted octanol–water partition coefficient (Wildman–Crippen LogP) is 3.96. The summed E-state index contributed by atoms with van der Waals surface area (Å²) < 4.78 is 44.0. The second kappa shape index (κ2) is 7.73. The summed E-state index contributed by atoms with van der Waals surface area (Å²) in [5.41, 5.74) is 0.319. The Kier molecular flexibility index (Phi) is 5.70. The van der Waals surface area contributed by atoms with E-state index in [1.54, 1.807) is 0 Å². The van der Waals surface area contributed by atoms with E-state index in [2.05, 4.69) is 10.6 Å². The molecule has 2 rings (SSSR count).